The lowest BCUT2D eigenvalue weighted by atomic mass is 10.0. The van der Waals surface area contributed by atoms with Crippen LogP contribution in [0.1, 0.15) is 45.1 Å². The van der Waals surface area contributed by atoms with Crippen LogP contribution in [0.15, 0.2) is 34.5 Å². The number of carbonyl (C=O) groups excluding carboxylic acids is 1. The molecule has 0 radical (unpaired) electrons. The van der Waals surface area contributed by atoms with Crippen LogP contribution in [0.4, 0.5) is 0 Å². The Morgan fingerprint density at radius 3 is 2.29 bits per heavy atom. The highest BCUT2D eigenvalue weighted by atomic mass is 32.2. The Bertz CT molecular complexity index is 908. The molecule has 1 amide bonds. The maximum atomic E-state index is 13.0. The Kier molecular flexibility index (Phi) is 7.07. The summed E-state index contributed by atoms with van der Waals surface area (Å²) in [6.45, 7) is 10.3. The van der Waals surface area contributed by atoms with E-state index in [1.165, 1.54) is 11.3 Å². The number of sulfonamides is 1. The van der Waals surface area contributed by atoms with Crippen molar-refractivity contribution in [3.63, 3.8) is 0 Å². The molecular weight excluding hydrogens is 392 g/mol. The van der Waals surface area contributed by atoms with Gasteiger partial charge in [-0.2, -0.15) is 0 Å². The molecule has 1 aromatic carbocycles. The number of carbonyl (C=O) groups is 1. The van der Waals surface area contributed by atoms with Gasteiger partial charge < -0.3 is 4.90 Å². The first-order valence-corrected chi connectivity index (χ1v) is 11.6. The van der Waals surface area contributed by atoms with Gasteiger partial charge in [-0.15, -0.1) is 11.3 Å². The molecule has 5 nitrogen and oxygen atoms in total. The summed E-state index contributed by atoms with van der Waals surface area (Å²) in [6, 6.07) is 9.70. The molecule has 1 N–H and O–H groups in total. The summed E-state index contributed by atoms with van der Waals surface area (Å²) in [6.07, 6.45) is 1.62. The van der Waals surface area contributed by atoms with Crippen molar-refractivity contribution in [2.24, 2.45) is 5.92 Å². The lowest BCUT2D eigenvalue weighted by Crippen LogP contribution is -2.40. The van der Waals surface area contributed by atoms with Crippen LogP contribution < -0.4 is 4.72 Å². The summed E-state index contributed by atoms with van der Waals surface area (Å²) in [5.74, 6) is 0.443. The number of hydrogen-bond acceptors (Lipinski definition) is 4. The second kappa shape index (κ2) is 8.76. The van der Waals surface area contributed by atoms with E-state index in [2.05, 4.69) is 18.6 Å². The quantitative estimate of drug-likeness (QED) is 0.646. The smallest absolute Gasteiger partial charge is 0.251 e. The second-order valence-corrected chi connectivity index (χ2v) is 11.6. The van der Waals surface area contributed by atoms with Gasteiger partial charge in [-0.3, -0.25) is 4.79 Å². The van der Waals surface area contributed by atoms with E-state index in [4.69, 9.17) is 0 Å². The molecule has 28 heavy (non-hydrogen) atoms. The van der Waals surface area contributed by atoms with Crippen molar-refractivity contribution < 1.29 is 13.2 Å². The molecule has 0 saturated heterocycles. The van der Waals surface area contributed by atoms with Crippen molar-refractivity contribution in [3.8, 4) is 11.1 Å². The molecule has 0 aliphatic rings. The number of amides is 1. The Balaban J connectivity index is 2.47. The maximum Gasteiger partial charge on any atom is 0.251 e. The van der Waals surface area contributed by atoms with Crippen molar-refractivity contribution in [1.82, 2.24) is 9.62 Å². The maximum absolute atomic E-state index is 13.0. The SMILES string of the molecule is CC(C)Cc1cc(-c2ccc(CN(C)C=O)cc2)c(S(=O)(=O)NC(C)(C)C)s1. The van der Waals surface area contributed by atoms with Gasteiger partial charge in [0.05, 0.1) is 0 Å². The molecule has 0 atom stereocenters. The normalized spacial score (nSPS) is 12.4. The summed E-state index contributed by atoms with van der Waals surface area (Å²) in [4.78, 5) is 13.4. The first kappa shape index (κ1) is 22.6. The molecule has 0 bridgehead atoms. The van der Waals surface area contributed by atoms with E-state index in [1.54, 1.807) is 11.9 Å². The molecule has 2 aromatic rings. The Labute approximate surface area is 172 Å². The summed E-state index contributed by atoms with van der Waals surface area (Å²) in [5.41, 5.74) is 2.03. The van der Waals surface area contributed by atoms with Gasteiger partial charge in [0.1, 0.15) is 4.21 Å². The molecule has 0 saturated carbocycles. The number of nitrogens with zero attached hydrogens (tertiary/aromatic N) is 1. The molecule has 2 rings (SSSR count). The average Bonchev–Trinajstić information content (AvgIpc) is 2.97. The molecule has 7 heteroatoms. The number of rotatable bonds is 8. The molecule has 154 valence electrons. The first-order valence-electron chi connectivity index (χ1n) is 9.33. The first-order chi connectivity index (χ1) is 12.9. The van der Waals surface area contributed by atoms with Crippen LogP contribution in [0, 0.1) is 5.92 Å². The lowest BCUT2D eigenvalue weighted by molar-refractivity contribution is -0.117. The molecule has 0 aliphatic heterocycles. The fourth-order valence-corrected chi connectivity index (χ4v) is 6.26. The fraction of sp³-hybridized carbons (Fsp3) is 0.476. The van der Waals surface area contributed by atoms with Crippen molar-refractivity contribution in [2.75, 3.05) is 7.05 Å². The van der Waals surface area contributed by atoms with Crippen LogP contribution in [-0.4, -0.2) is 32.3 Å². The van der Waals surface area contributed by atoms with Gasteiger partial charge in [0.2, 0.25) is 6.41 Å². The Hall–Kier alpha value is -1.70. The second-order valence-electron chi connectivity index (χ2n) is 8.58. The highest BCUT2D eigenvalue weighted by Crippen LogP contribution is 2.37. The minimum absolute atomic E-state index is 0.357. The molecule has 1 aromatic heterocycles. The summed E-state index contributed by atoms with van der Waals surface area (Å²) in [5, 5.41) is 0. The van der Waals surface area contributed by atoms with E-state index in [1.807, 2.05) is 51.1 Å². The van der Waals surface area contributed by atoms with Crippen LogP contribution in [0.5, 0.6) is 0 Å². The molecule has 0 spiro atoms. The van der Waals surface area contributed by atoms with Crippen LogP contribution in [0.2, 0.25) is 0 Å². The highest BCUT2D eigenvalue weighted by Gasteiger charge is 2.27. The number of thiophene rings is 1. The zero-order chi connectivity index (χ0) is 21.1. The standard InChI is InChI=1S/C21H30N2O3S2/c1-15(2)11-18-12-19(20(27-18)28(25,26)22-21(3,4)5)17-9-7-16(8-10-17)13-23(6)14-24/h7-10,12,14-15,22H,11,13H2,1-6H3. The van der Waals surface area contributed by atoms with Gasteiger partial charge in [-0.05, 0) is 50.3 Å². The topological polar surface area (TPSA) is 66.5 Å². The number of hydrogen-bond donors (Lipinski definition) is 1. The summed E-state index contributed by atoms with van der Waals surface area (Å²) < 4.78 is 29.2. The molecular formula is C21H30N2O3S2. The largest absolute Gasteiger partial charge is 0.344 e. The van der Waals surface area contributed by atoms with Gasteiger partial charge in [0.15, 0.2) is 0 Å². The van der Waals surface area contributed by atoms with Crippen molar-refractivity contribution >= 4 is 27.8 Å². The molecule has 1 heterocycles. The van der Waals surface area contributed by atoms with Crippen LogP contribution in [0.3, 0.4) is 0 Å². The summed E-state index contributed by atoms with van der Waals surface area (Å²) >= 11 is 1.34. The molecule has 0 unspecified atom stereocenters. The van der Waals surface area contributed by atoms with Crippen molar-refractivity contribution in [2.45, 2.75) is 57.3 Å². The number of benzene rings is 1. The lowest BCUT2D eigenvalue weighted by Gasteiger charge is -2.20. The predicted octanol–water partition coefficient (Wildman–Crippen LogP) is 4.28. The van der Waals surface area contributed by atoms with E-state index in [9.17, 15) is 13.2 Å². The van der Waals surface area contributed by atoms with E-state index < -0.39 is 15.6 Å². The minimum Gasteiger partial charge on any atom is -0.344 e. The van der Waals surface area contributed by atoms with Crippen LogP contribution in [0.25, 0.3) is 11.1 Å². The molecule has 0 fully saturated rings. The fourth-order valence-electron chi connectivity index (χ4n) is 2.89. The zero-order valence-corrected chi connectivity index (χ0v) is 19.1. The van der Waals surface area contributed by atoms with E-state index in [0.717, 1.165) is 34.4 Å². The van der Waals surface area contributed by atoms with E-state index in [-0.39, 0.29) is 0 Å². The third kappa shape index (κ3) is 6.15. The zero-order valence-electron chi connectivity index (χ0n) is 17.4. The van der Waals surface area contributed by atoms with E-state index >= 15 is 0 Å². The van der Waals surface area contributed by atoms with Gasteiger partial charge in [-0.1, -0.05) is 38.1 Å². The minimum atomic E-state index is -3.63. The van der Waals surface area contributed by atoms with E-state index in [0.29, 0.717) is 16.7 Å². The predicted molar refractivity (Wildman–Crippen MR) is 116 cm³/mol. The van der Waals surface area contributed by atoms with Crippen LogP contribution >= 0.6 is 11.3 Å². The Morgan fingerprint density at radius 1 is 1.18 bits per heavy atom. The monoisotopic (exact) mass is 422 g/mol. The number of nitrogens with one attached hydrogen (secondary N) is 1. The van der Waals surface area contributed by atoms with Crippen LogP contribution in [-0.2, 0) is 27.8 Å². The third-order valence-corrected chi connectivity index (χ3v) is 7.37. The highest BCUT2D eigenvalue weighted by molar-refractivity contribution is 7.91. The molecule has 0 aliphatic carbocycles. The third-order valence-electron chi connectivity index (χ3n) is 3.92. The van der Waals surface area contributed by atoms with Gasteiger partial charge in [-0.25, -0.2) is 13.1 Å². The summed E-state index contributed by atoms with van der Waals surface area (Å²) in [7, 11) is -1.91. The van der Waals surface area contributed by atoms with Gasteiger partial charge >= 0.3 is 0 Å². The van der Waals surface area contributed by atoms with Crippen molar-refractivity contribution in [3.05, 3.63) is 40.8 Å². The Morgan fingerprint density at radius 2 is 1.79 bits per heavy atom. The van der Waals surface area contributed by atoms with Crippen molar-refractivity contribution in [1.29, 1.82) is 0 Å². The van der Waals surface area contributed by atoms with Gasteiger partial charge in [0.25, 0.3) is 10.0 Å². The average molecular weight is 423 g/mol. The van der Waals surface area contributed by atoms with Gasteiger partial charge in [0, 0.05) is 29.6 Å².